The van der Waals surface area contributed by atoms with Crippen LogP contribution in [0.15, 0.2) is 0 Å². The molecule has 0 N–H and O–H groups in total. The zero-order valence-electron chi connectivity index (χ0n) is 21.8. The average Bonchev–Trinajstić information content (AvgIpc) is 2.75. The quantitative estimate of drug-likeness (QED) is 0.157. The van der Waals surface area contributed by atoms with Crippen LogP contribution in [0.25, 0.3) is 0 Å². The van der Waals surface area contributed by atoms with Gasteiger partial charge in [-0.25, -0.2) is 9.59 Å². The van der Waals surface area contributed by atoms with Crippen molar-refractivity contribution in [3.05, 3.63) is 0 Å². The molecule has 0 atom stereocenters. The Kier molecular flexibility index (Phi) is 16.9. The van der Waals surface area contributed by atoms with Crippen molar-refractivity contribution < 1.29 is 28.5 Å². The Morgan fingerprint density at radius 2 is 0.909 bits per heavy atom. The third kappa shape index (κ3) is 17.7. The van der Waals surface area contributed by atoms with Gasteiger partial charge in [0.1, 0.15) is 12.2 Å². The second kappa shape index (κ2) is 18.9. The van der Waals surface area contributed by atoms with E-state index >= 15 is 0 Å². The molecule has 1 saturated carbocycles. The maximum atomic E-state index is 11.9. The van der Waals surface area contributed by atoms with Crippen molar-refractivity contribution in [2.45, 2.75) is 136 Å². The number of carbonyl (C=O) groups is 2. The fourth-order valence-corrected chi connectivity index (χ4v) is 4.11. The molecule has 0 amide bonds. The van der Waals surface area contributed by atoms with Crippen molar-refractivity contribution >= 4 is 12.3 Å². The molecule has 0 saturated heterocycles. The Hall–Kier alpha value is -1.46. The molecular formula is C27H50O6. The number of hydrogen-bond acceptors (Lipinski definition) is 6. The van der Waals surface area contributed by atoms with Crippen LogP contribution >= 0.6 is 0 Å². The first kappa shape index (κ1) is 29.6. The third-order valence-corrected chi connectivity index (χ3v) is 6.19. The van der Waals surface area contributed by atoms with Gasteiger partial charge in [0.05, 0.1) is 13.2 Å². The van der Waals surface area contributed by atoms with Gasteiger partial charge in [-0.3, -0.25) is 0 Å². The highest BCUT2D eigenvalue weighted by Gasteiger charge is 2.27. The minimum absolute atomic E-state index is 0.157. The van der Waals surface area contributed by atoms with E-state index in [2.05, 4.69) is 27.7 Å². The van der Waals surface area contributed by atoms with Crippen molar-refractivity contribution in [3.63, 3.8) is 0 Å². The Morgan fingerprint density at radius 3 is 1.33 bits per heavy atom. The van der Waals surface area contributed by atoms with Gasteiger partial charge in [0.15, 0.2) is 0 Å². The Bertz CT molecular complexity index is 497. The predicted molar refractivity (Wildman–Crippen MR) is 131 cm³/mol. The monoisotopic (exact) mass is 470 g/mol. The summed E-state index contributed by atoms with van der Waals surface area (Å²) < 4.78 is 21.2. The molecule has 1 rings (SSSR count). The molecule has 0 spiro atoms. The van der Waals surface area contributed by atoms with Gasteiger partial charge in [-0.05, 0) is 56.8 Å². The predicted octanol–water partition coefficient (Wildman–Crippen LogP) is 8.21. The summed E-state index contributed by atoms with van der Waals surface area (Å²) in [6.07, 6.45) is 14.0. The molecule has 194 valence electrons. The molecule has 0 aromatic carbocycles. The van der Waals surface area contributed by atoms with Crippen molar-refractivity contribution in [1.82, 2.24) is 0 Å². The molecule has 1 aliphatic carbocycles. The van der Waals surface area contributed by atoms with Gasteiger partial charge in [-0.2, -0.15) is 0 Å². The van der Waals surface area contributed by atoms with Crippen molar-refractivity contribution in [2.75, 3.05) is 13.2 Å². The Morgan fingerprint density at radius 1 is 0.576 bits per heavy atom. The molecule has 33 heavy (non-hydrogen) atoms. The summed E-state index contributed by atoms with van der Waals surface area (Å²) in [6, 6.07) is 0. The van der Waals surface area contributed by atoms with Gasteiger partial charge in [-0.15, -0.1) is 0 Å². The van der Waals surface area contributed by atoms with Gasteiger partial charge in [0.2, 0.25) is 0 Å². The highest BCUT2D eigenvalue weighted by molar-refractivity contribution is 5.60. The van der Waals surface area contributed by atoms with Crippen LogP contribution in [0.2, 0.25) is 0 Å². The van der Waals surface area contributed by atoms with Crippen LogP contribution in [-0.4, -0.2) is 37.7 Å². The lowest BCUT2D eigenvalue weighted by atomic mass is 9.95. The standard InChI is InChI=1S/C27H50O6/c1-22(2)14-10-8-6-5-7-9-12-20-30-26(28)32-24-16-18-25(19-17-24)33-27(29)31-21-13-11-15-23(3)4/h22-25H,5-21H2,1-4H3. The summed E-state index contributed by atoms with van der Waals surface area (Å²) in [6.45, 7) is 9.77. The summed E-state index contributed by atoms with van der Waals surface area (Å²) in [5.74, 6) is 1.48. The molecule has 0 aliphatic heterocycles. The smallest absolute Gasteiger partial charge is 0.434 e. The van der Waals surface area contributed by atoms with E-state index in [1.807, 2.05) is 0 Å². The summed E-state index contributed by atoms with van der Waals surface area (Å²) in [5, 5.41) is 0. The van der Waals surface area contributed by atoms with Crippen molar-refractivity contribution in [1.29, 1.82) is 0 Å². The lowest BCUT2D eigenvalue weighted by molar-refractivity contribution is -0.0271. The molecule has 0 heterocycles. The molecule has 0 aromatic heterocycles. The van der Waals surface area contributed by atoms with Gasteiger partial charge < -0.3 is 18.9 Å². The van der Waals surface area contributed by atoms with Crippen LogP contribution < -0.4 is 0 Å². The first-order valence-electron chi connectivity index (χ1n) is 13.5. The Balaban J connectivity index is 1.96. The zero-order valence-corrected chi connectivity index (χ0v) is 21.8. The lowest BCUT2D eigenvalue weighted by Gasteiger charge is -2.27. The molecule has 0 radical (unpaired) electrons. The van der Waals surface area contributed by atoms with Crippen LogP contribution in [0.4, 0.5) is 9.59 Å². The van der Waals surface area contributed by atoms with E-state index in [-0.39, 0.29) is 12.2 Å². The van der Waals surface area contributed by atoms with E-state index in [0.29, 0.717) is 44.8 Å². The summed E-state index contributed by atoms with van der Waals surface area (Å²) >= 11 is 0. The van der Waals surface area contributed by atoms with E-state index in [4.69, 9.17) is 18.9 Å². The van der Waals surface area contributed by atoms with Gasteiger partial charge in [0, 0.05) is 0 Å². The molecule has 0 unspecified atom stereocenters. The van der Waals surface area contributed by atoms with E-state index in [1.54, 1.807) is 0 Å². The molecule has 1 aliphatic rings. The van der Waals surface area contributed by atoms with E-state index in [9.17, 15) is 9.59 Å². The van der Waals surface area contributed by atoms with Gasteiger partial charge in [-0.1, -0.05) is 79.1 Å². The van der Waals surface area contributed by atoms with Gasteiger partial charge in [0.25, 0.3) is 0 Å². The van der Waals surface area contributed by atoms with E-state index in [0.717, 1.165) is 38.0 Å². The molecule has 6 heteroatoms. The minimum Gasteiger partial charge on any atom is -0.434 e. The molecule has 1 fully saturated rings. The molecule has 6 nitrogen and oxygen atoms in total. The largest absolute Gasteiger partial charge is 0.508 e. The second-order valence-electron chi connectivity index (χ2n) is 10.4. The summed E-state index contributed by atoms with van der Waals surface area (Å²) in [5.41, 5.74) is 0. The van der Waals surface area contributed by atoms with Crippen LogP contribution in [0.3, 0.4) is 0 Å². The SMILES string of the molecule is CC(C)CCCCCCCCCOC(=O)OC1CCC(OC(=O)OCCCCC(C)C)CC1. The van der Waals surface area contributed by atoms with E-state index in [1.165, 1.54) is 38.5 Å². The second-order valence-corrected chi connectivity index (χ2v) is 10.4. The maximum Gasteiger partial charge on any atom is 0.508 e. The van der Waals surface area contributed by atoms with Crippen molar-refractivity contribution in [2.24, 2.45) is 11.8 Å². The highest BCUT2D eigenvalue weighted by atomic mass is 16.7. The van der Waals surface area contributed by atoms with Crippen LogP contribution in [0.5, 0.6) is 0 Å². The normalized spacial score (nSPS) is 18.4. The first-order chi connectivity index (χ1) is 15.9. The minimum atomic E-state index is -0.584. The number of unbranched alkanes of at least 4 members (excludes halogenated alkanes) is 7. The Labute approximate surface area is 202 Å². The summed E-state index contributed by atoms with van der Waals surface area (Å²) in [7, 11) is 0. The average molecular weight is 471 g/mol. The maximum absolute atomic E-state index is 11.9. The van der Waals surface area contributed by atoms with Gasteiger partial charge >= 0.3 is 12.3 Å². The number of ether oxygens (including phenoxy) is 4. The first-order valence-corrected chi connectivity index (χ1v) is 13.5. The molecular weight excluding hydrogens is 420 g/mol. The fourth-order valence-electron chi connectivity index (χ4n) is 4.11. The lowest BCUT2D eigenvalue weighted by Crippen LogP contribution is -2.30. The summed E-state index contributed by atoms with van der Waals surface area (Å²) in [4.78, 5) is 23.7. The van der Waals surface area contributed by atoms with Crippen molar-refractivity contribution in [3.8, 4) is 0 Å². The number of rotatable bonds is 17. The fraction of sp³-hybridized carbons (Fsp3) is 0.926. The highest BCUT2D eigenvalue weighted by Crippen LogP contribution is 2.24. The van der Waals surface area contributed by atoms with Crippen LogP contribution in [0.1, 0.15) is 124 Å². The third-order valence-electron chi connectivity index (χ3n) is 6.19. The molecule has 0 bridgehead atoms. The number of hydrogen-bond donors (Lipinski definition) is 0. The molecule has 0 aromatic rings. The zero-order chi connectivity index (χ0) is 24.3. The van der Waals surface area contributed by atoms with Crippen LogP contribution in [0, 0.1) is 11.8 Å². The number of carbonyl (C=O) groups excluding carboxylic acids is 2. The topological polar surface area (TPSA) is 71.1 Å². The van der Waals surface area contributed by atoms with Crippen LogP contribution in [-0.2, 0) is 18.9 Å². The van der Waals surface area contributed by atoms with E-state index < -0.39 is 12.3 Å².